The normalized spacial score (nSPS) is 17.9. The van der Waals surface area contributed by atoms with Crippen molar-refractivity contribution in [1.29, 1.82) is 0 Å². The SMILES string of the molecule is CN1CCc2c(nc(C(=O)Nc3cccc(-c4cccc5c4CCC5Oc4cc(F)c(CNC5(C(=O)O)CC5)c(F)c4Cl)c3Cl)n2C)C1. The van der Waals surface area contributed by atoms with Gasteiger partial charge in [0.15, 0.2) is 11.6 Å². The van der Waals surface area contributed by atoms with Gasteiger partial charge in [-0.05, 0) is 55.5 Å². The van der Waals surface area contributed by atoms with Crippen molar-refractivity contribution in [3.05, 3.63) is 98.0 Å². The van der Waals surface area contributed by atoms with Crippen molar-refractivity contribution in [3.8, 4) is 16.9 Å². The molecule has 13 heteroatoms. The summed E-state index contributed by atoms with van der Waals surface area (Å²) >= 11 is 13.3. The number of aliphatic carboxylic acids is 1. The molecule has 1 unspecified atom stereocenters. The van der Waals surface area contributed by atoms with Crippen LogP contribution in [-0.2, 0) is 37.8 Å². The van der Waals surface area contributed by atoms with Crippen molar-refractivity contribution in [2.45, 2.75) is 56.8 Å². The van der Waals surface area contributed by atoms with Crippen LogP contribution in [0.2, 0.25) is 10.0 Å². The molecule has 1 aromatic heterocycles. The number of hydrogen-bond acceptors (Lipinski definition) is 6. The quantitative estimate of drug-likeness (QED) is 0.168. The van der Waals surface area contributed by atoms with E-state index in [1.165, 1.54) is 0 Å². The van der Waals surface area contributed by atoms with Crippen molar-refractivity contribution in [2.24, 2.45) is 7.05 Å². The summed E-state index contributed by atoms with van der Waals surface area (Å²) in [4.78, 5) is 31.6. The van der Waals surface area contributed by atoms with Crippen LogP contribution in [0.3, 0.4) is 0 Å². The molecule has 1 atom stereocenters. The molecule has 2 heterocycles. The number of amides is 1. The third-order valence-electron chi connectivity index (χ3n) is 9.65. The molecular weight excluding hydrogens is 663 g/mol. The summed E-state index contributed by atoms with van der Waals surface area (Å²) in [6, 6.07) is 12.2. The summed E-state index contributed by atoms with van der Waals surface area (Å²) in [7, 11) is 3.88. The number of carboxylic acids is 1. The molecule has 3 aliphatic rings. The van der Waals surface area contributed by atoms with Gasteiger partial charge in [-0.1, -0.05) is 53.5 Å². The largest absolute Gasteiger partial charge is 0.484 e. The van der Waals surface area contributed by atoms with E-state index in [2.05, 4.69) is 20.5 Å². The van der Waals surface area contributed by atoms with E-state index >= 15 is 8.78 Å². The molecule has 3 N–H and O–H groups in total. The molecule has 9 nitrogen and oxygen atoms in total. The summed E-state index contributed by atoms with van der Waals surface area (Å²) in [6.45, 7) is 1.27. The number of nitrogens with one attached hydrogen (secondary N) is 2. The molecule has 0 spiro atoms. The molecule has 3 aromatic carbocycles. The molecule has 1 saturated carbocycles. The molecule has 250 valence electrons. The number of carbonyl (C=O) groups excluding carboxylic acids is 1. The van der Waals surface area contributed by atoms with Gasteiger partial charge in [-0.25, -0.2) is 13.8 Å². The number of nitrogens with zero attached hydrogens (tertiary/aromatic N) is 3. The standard InChI is InChI=1S/C35H33Cl2F2N5O4/c1-43-14-11-26-25(17-43)41-32(44(26)2)33(45)42-24-8-4-7-21(29(24)36)18-5-3-6-20-19(18)9-10-27(20)48-28-15-23(38)22(31(39)30(28)37)16-40-35(12-13-35)34(46)47/h3-8,15,27,40H,9-14,16-17H2,1-2H3,(H,42,45)(H,46,47). The summed E-state index contributed by atoms with van der Waals surface area (Å²) in [5.41, 5.74) is 4.27. The van der Waals surface area contributed by atoms with Gasteiger partial charge in [0.05, 0.1) is 16.4 Å². The van der Waals surface area contributed by atoms with Crippen LogP contribution in [-0.4, -0.2) is 50.6 Å². The highest BCUT2D eigenvalue weighted by atomic mass is 35.5. The van der Waals surface area contributed by atoms with Crippen molar-refractivity contribution in [1.82, 2.24) is 19.8 Å². The van der Waals surface area contributed by atoms with Crippen molar-refractivity contribution >= 4 is 40.8 Å². The number of anilines is 1. The fourth-order valence-electron chi connectivity index (χ4n) is 6.73. The van der Waals surface area contributed by atoms with Gasteiger partial charge >= 0.3 is 5.97 Å². The molecule has 48 heavy (non-hydrogen) atoms. The van der Waals surface area contributed by atoms with Crippen LogP contribution < -0.4 is 15.4 Å². The molecule has 2 aliphatic carbocycles. The van der Waals surface area contributed by atoms with E-state index in [4.69, 9.17) is 27.9 Å². The van der Waals surface area contributed by atoms with Gasteiger partial charge in [-0.15, -0.1) is 0 Å². The highest BCUT2D eigenvalue weighted by Gasteiger charge is 2.50. The van der Waals surface area contributed by atoms with Crippen LogP contribution in [0.1, 0.15) is 64.1 Å². The molecule has 0 bridgehead atoms. The summed E-state index contributed by atoms with van der Waals surface area (Å²) in [5.74, 6) is -3.09. The zero-order chi connectivity index (χ0) is 33.9. The highest BCUT2D eigenvalue weighted by Crippen LogP contribution is 2.45. The number of benzene rings is 3. The van der Waals surface area contributed by atoms with Crippen molar-refractivity contribution in [3.63, 3.8) is 0 Å². The minimum atomic E-state index is -1.16. The third-order valence-corrected chi connectivity index (χ3v) is 10.4. The molecule has 0 saturated heterocycles. The van der Waals surface area contributed by atoms with Crippen LogP contribution in [0, 0.1) is 11.6 Å². The Kier molecular flexibility index (Phi) is 8.43. The second-order valence-corrected chi connectivity index (χ2v) is 13.5. The average Bonchev–Trinajstić information content (AvgIpc) is 3.65. The van der Waals surface area contributed by atoms with Gasteiger partial charge in [0, 0.05) is 56.0 Å². The Morgan fingerprint density at radius 1 is 1.08 bits per heavy atom. The van der Waals surface area contributed by atoms with Gasteiger partial charge in [-0.2, -0.15) is 0 Å². The maximum Gasteiger partial charge on any atom is 0.323 e. The summed E-state index contributed by atoms with van der Waals surface area (Å²) in [5, 5.41) is 15.1. The van der Waals surface area contributed by atoms with Crippen molar-refractivity contribution in [2.75, 3.05) is 18.9 Å². The predicted molar refractivity (Wildman–Crippen MR) is 178 cm³/mol. The van der Waals surface area contributed by atoms with Crippen molar-refractivity contribution < 1.29 is 28.2 Å². The topological polar surface area (TPSA) is 109 Å². The Labute approximate surface area is 285 Å². The van der Waals surface area contributed by atoms with Crippen LogP contribution >= 0.6 is 23.2 Å². The van der Waals surface area contributed by atoms with Crippen LogP contribution in [0.25, 0.3) is 11.1 Å². The number of halogens is 4. The lowest BCUT2D eigenvalue weighted by molar-refractivity contribution is -0.140. The van der Waals surface area contributed by atoms with Gasteiger partial charge in [0.25, 0.3) is 5.91 Å². The number of fused-ring (bicyclic) bond motifs is 2. The van der Waals surface area contributed by atoms with Gasteiger partial charge in [0.1, 0.15) is 28.2 Å². The van der Waals surface area contributed by atoms with E-state index < -0.39 is 29.2 Å². The molecule has 7 rings (SSSR count). The summed E-state index contributed by atoms with van der Waals surface area (Å²) in [6.07, 6.45) is 2.20. The smallest absolute Gasteiger partial charge is 0.323 e. The van der Waals surface area contributed by atoms with E-state index in [-0.39, 0.29) is 28.8 Å². The molecule has 1 amide bonds. The lowest BCUT2D eigenvalue weighted by Crippen LogP contribution is -2.39. The maximum absolute atomic E-state index is 15.3. The zero-order valence-electron chi connectivity index (χ0n) is 26.3. The Morgan fingerprint density at radius 2 is 1.83 bits per heavy atom. The third kappa shape index (κ3) is 5.72. The first-order valence-corrected chi connectivity index (χ1v) is 16.5. The molecule has 1 aliphatic heterocycles. The maximum atomic E-state index is 15.3. The minimum absolute atomic E-state index is 0.136. The number of rotatable bonds is 9. The number of hydrogen-bond donors (Lipinski definition) is 3. The van der Waals surface area contributed by atoms with Gasteiger partial charge in [0.2, 0.25) is 0 Å². The molecule has 0 radical (unpaired) electrons. The number of likely N-dealkylation sites (N-methyl/N-ethyl adjacent to an activating group) is 1. The average molecular weight is 697 g/mol. The number of carbonyl (C=O) groups is 2. The van der Waals surface area contributed by atoms with Crippen LogP contribution in [0.4, 0.5) is 14.5 Å². The number of aromatic nitrogens is 2. The predicted octanol–water partition coefficient (Wildman–Crippen LogP) is 6.69. The number of ether oxygens (including phenoxy) is 1. The van der Waals surface area contributed by atoms with E-state index in [0.717, 1.165) is 52.7 Å². The minimum Gasteiger partial charge on any atom is -0.484 e. The van der Waals surface area contributed by atoms with Gasteiger partial charge < -0.3 is 24.6 Å². The first-order chi connectivity index (χ1) is 23.0. The highest BCUT2D eigenvalue weighted by molar-refractivity contribution is 6.36. The molecular formula is C35H33Cl2F2N5O4. The van der Waals surface area contributed by atoms with E-state index in [1.807, 2.05) is 49.0 Å². The Hall–Kier alpha value is -4.03. The lowest BCUT2D eigenvalue weighted by Gasteiger charge is -2.21. The monoisotopic (exact) mass is 695 g/mol. The number of imidazole rings is 1. The van der Waals surface area contributed by atoms with E-state index in [9.17, 15) is 14.7 Å². The Bertz CT molecular complexity index is 1980. The van der Waals surface area contributed by atoms with Crippen LogP contribution in [0.5, 0.6) is 5.75 Å². The second-order valence-electron chi connectivity index (χ2n) is 12.7. The van der Waals surface area contributed by atoms with Gasteiger partial charge in [-0.3, -0.25) is 14.9 Å². The Balaban J connectivity index is 1.11. The number of carboxylic acid groups (broad SMARTS) is 1. The lowest BCUT2D eigenvalue weighted by atomic mass is 9.96. The molecule has 4 aromatic rings. The van der Waals surface area contributed by atoms with E-state index in [0.29, 0.717) is 48.8 Å². The van der Waals surface area contributed by atoms with E-state index in [1.54, 1.807) is 6.07 Å². The fourth-order valence-corrected chi connectivity index (χ4v) is 7.22. The zero-order valence-corrected chi connectivity index (χ0v) is 27.8. The first-order valence-electron chi connectivity index (χ1n) is 15.7. The first kappa shape index (κ1) is 32.5. The summed E-state index contributed by atoms with van der Waals surface area (Å²) < 4.78 is 38.3. The second kappa shape index (κ2) is 12.5. The fraction of sp³-hybridized carbons (Fsp3) is 0.343. The van der Waals surface area contributed by atoms with Crippen LogP contribution in [0.15, 0.2) is 42.5 Å². The Morgan fingerprint density at radius 3 is 2.58 bits per heavy atom. The molecule has 1 fully saturated rings.